The molecule has 106 valence electrons. The molecule has 0 saturated heterocycles. The summed E-state index contributed by atoms with van der Waals surface area (Å²) in [5, 5.41) is 10.6. The van der Waals surface area contributed by atoms with Crippen molar-refractivity contribution in [2.75, 3.05) is 0 Å². The van der Waals surface area contributed by atoms with E-state index < -0.39 is 6.10 Å². The molecule has 1 heteroatoms. The Kier molecular flexibility index (Phi) is 4.61. The quantitative estimate of drug-likeness (QED) is 0.836. The van der Waals surface area contributed by atoms with Crippen LogP contribution in [-0.4, -0.2) is 5.11 Å². The fraction of sp³-hybridized carbons (Fsp3) is 0.368. The van der Waals surface area contributed by atoms with Gasteiger partial charge >= 0.3 is 0 Å². The van der Waals surface area contributed by atoms with Gasteiger partial charge in [0.05, 0.1) is 0 Å². The second-order valence-corrected chi connectivity index (χ2v) is 5.68. The second kappa shape index (κ2) is 6.23. The number of aryl methyl sites for hydroxylation is 2. The molecule has 2 aromatic carbocycles. The summed E-state index contributed by atoms with van der Waals surface area (Å²) in [6.45, 7) is 8.54. The Morgan fingerprint density at radius 3 is 1.90 bits per heavy atom. The highest BCUT2D eigenvalue weighted by molar-refractivity contribution is 5.41. The predicted molar refractivity (Wildman–Crippen MR) is 85.1 cm³/mol. The molecule has 0 bridgehead atoms. The van der Waals surface area contributed by atoms with Crippen LogP contribution in [0.15, 0.2) is 42.5 Å². The Hall–Kier alpha value is -1.60. The summed E-state index contributed by atoms with van der Waals surface area (Å²) < 4.78 is 0. The van der Waals surface area contributed by atoms with Crippen molar-refractivity contribution in [3.8, 4) is 0 Å². The minimum absolute atomic E-state index is 0.540. The van der Waals surface area contributed by atoms with Gasteiger partial charge in [0.2, 0.25) is 0 Å². The highest BCUT2D eigenvalue weighted by atomic mass is 16.3. The van der Waals surface area contributed by atoms with E-state index in [0.717, 1.165) is 28.7 Å². The first-order valence-corrected chi connectivity index (χ1v) is 7.38. The number of benzene rings is 2. The van der Waals surface area contributed by atoms with E-state index in [-0.39, 0.29) is 0 Å². The SMILES string of the molecule is CCC(C)c1ccc(C(O)c2c(C)cccc2C)cc1. The van der Waals surface area contributed by atoms with Gasteiger partial charge in [-0.2, -0.15) is 0 Å². The normalized spacial score (nSPS) is 14.1. The van der Waals surface area contributed by atoms with E-state index in [4.69, 9.17) is 0 Å². The molecule has 0 saturated carbocycles. The van der Waals surface area contributed by atoms with Gasteiger partial charge in [-0.15, -0.1) is 0 Å². The standard InChI is InChI=1S/C19H24O/c1-5-13(2)16-9-11-17(12-10-16)19(20)18-14(3)7-6-8-15(18)4/h6-13,19-20H,5H2,1-4H3. The van der Waals surface area contributed by atoms with E-state index in [9.17, 15) is 5.11 Å². The minimum Gasteiger partial charge on any atom is -0.384 e. The monoisotopic (exact) mass is 268 g/mol. The van der Waals surface area contributed by atoms with Crippen LogP contribution in [0, 0.1) is 13.8 Å². The van der Waals surface area contributed by atoms with E-state index in [1.54, 1.807) is 0 Å². The zero-order chi connectivity index (χ0) is 14.7. The van der Waals surface area contributed by atoms with Crippen LogP contribution in [0.5, 0.6) is 0 Å². The number of aliphatic hydroxyl groups is 1. The molecule has 2 atom stereocenters. The van der Waals surface area contributed by atoms with Gasteiger partial charge in [0.25, 0.3) is 0 Å². The van der Waals surface area contributed by atoms with Crippen molar-refractivity contribution in [1.29, 1.82) is 0 Å². The van der Waals surface area contributed by atoms with Crippen LogP contribution in [-0.2, 0) is 0 Å². The predicted octanol–water partition coefficient (Wildman–Crippen LogP) is 4.90. The number of aliphatic hydroxyl groups excluding tert-OH is 1. The summed E-state index contributed by atoms with van der Waals surface area (Å²) >= 11 is 0. The zero-order valence-corrected chi connectivity index (χ0v) is 12.9. The Balaban J connectivity index is 2.32. The van der Waals surface area contributed by atoms with E-state index in [1.165, 1.54) is 5.56 Å². The molecule has 0 aliphatic heterocycles. The third kappa shape index (κ3) is 2.94. The average molecular weight is 268 g/mol. The molecule has 20 heavy (non-hydrogen) atoms. The molecule has 2 rings (SSSR count). The molecular formula is C19H24O. The van der Waals surface area contributed by atoms with Gasteiger partial charge in [0.1, 0.15) is 6.10 Å². The molecule has 0 amide bonds. The fourth-order valence-corrected chi connectivity index (χ4v) is 2.67. The van der Waals surface area contributed by atoms with Gasteiger partial charge in [-0.25, -0.2) is 0 Å². The Labute approximate surface area is 122 Å². The lowest BCUT2D eigenvalue weighted by Crippen LogP contribution is -2.05. The van der Waals surface area contributed by atoms with E-state index >= 15 is 0 Å². The molecule has 1 nitrogen and oxygen atoms in total. The van der Waals surface area contributed by atoms with Crippen LogP contribution >= 0.6 is 0 Å². The average Bonchev–Trinajstić information content (AvgIpc) is 2.46. The van der Waals surface area contributed by atoms with Crippen LogP contribution in [0.1, 0.15) is 60.1 Å². The molecule has 0 heterocycles. The maximum Gasteiger partial charge on any atom is 0.105 e. The zero-order valence-electron chi connectivity index (χ0n) is 12.9. The molecule has 0 fully saturated rings. The smallest absolute Gasteiger partial charge is 0.105 e. The van der Waals surface area contributed by atoms with Crippen molar-refractivity contribution < 1.29 is 5.11 Å². The summed E-state index contributed by atoms with van der Waals surface area (Å²) in [5.41, 5.74) is 5.62. The van der Waals surface area contributed by atoms with Gasteiger partial charge in [0.15, 0.2) is 0 Å². The molecule has 2 unspecified atom stereocenters. The largest absolute Gasteiger partial charge is 0.384 e. The molecule has 1 N–H and O–H groups in total. The van der Waals surface area contributed by atoms with Crippen LogP contribution < -0.4 is 0 Å². The molecule has 0 aliphatic carbocycles. The fourth-order valence-electron chi connectivity index (χ4n) is 2.67. The minimum atomic E-state index is -0.540. The molecule has 0 aromatic heterocycles. The number of rotatable bonds is 4. The van der Waals surface area contributed by atoms with Crippen molar-refractivity contribution >= 4 is 0 Å². The molecular weight excluding hydrogens is 244 g/mol. The summed E-state index contributed by atoms with van der Waals surface area (Å²) in [5.74, 6) is 0.571. The molecule has 0 radical (unpaired) electrons. The van der Waals surface area contributed by atoms with Gasteiger partial charge < -0.3 is 5.11 Å². The van der Waals surface area contributed by atoms with Crippen molar-refractivity contribution in [3.05, 3.63) is 70.3 Å². The van der Waals surface area contributed by atoms with Crippen molar-refractivity contribution in [2.24, 2.45) is 0 Å². The third-order valence-electron chi connectivity index (χ3n) is 4.25. The lowest BCUT2D eigenvalue weighted by Gasteiger charge is -2.18. The Morgan fingerprint density at radius 2 is 1.40 bits per heavy atom. The van der Waals surface area contributed by atoms with Gasteiger partial charge in [-0.05, 0) is 54.0 Å². The lowest BCUT2D eigenvalue weighted by atomic mass is 9.91. The van der Waals surface area contributed by atoms with Crippen LogP contribution in [0.2, 0.25) is 0 Å². The molecule has 2 aromatic rings. The van der Waals surface area contributed by atoms with E-state index in [2.05, 4.69) is 64.1 Å². The van der Waals surface area contributed by atoms with Crippen molar-refractivity contribution in [3.63, 3.8) is 0 Å². The number of hydrogen-bond donors (Lipinski definition) is 1. The maximum absolute atomic E-state index is 10.6. The Morgan fingerprint density at radius 1 is 0.900 bits per heavy atom. The molecule has 0 aliphatic rings. The maximum atomic E-state index is 10.6. The summed E-state index contributed by atoms with van der Waals surface area (Å²) in [6.07, 6.45) is 0.598. The van der Waals surface area contributed by atoms with E-state index in [1.807, 2.05) is 6.07 Å². The summed E-state index contributed by atoms with van der Waals surface area (Å²) in [7, 11) is 0. The summed E-state index contributed by atoms with van der Waals surface area (Å²) in [6, 6.07) is 14.5. The second-order valence-electron chi connectivity index (χ2n) is 5.68. The molecule has 0 spiro atoms. The first-order chi connectivity index (χ1) is 9.54. The van der Waals surface area contributed by atoms with Crippen molar-refractivity contribution in [2.45, 2.75) is 46.1 Å². The van der Waals surface area contributed by atoms with E-state index in [0.29, 0.717) is 5.92 Å². The highest BCUT2D eigenvalue weighted by Crippen LogP contribution is 2.29. The van der Waals surface area contributed by atoms with Gasteiger partial charge in [-0.3, -0.25) is 0 Å². The topological polar surface area (TPSA) is 20.2 Å². The van der Waals surface area contributed by atoms with Crippen LogP contribution in [0.25, 0.3) is 0 Å². The van der Waals surface area contributed by atoms with Gasteiger partial charge in [-0.1, -0.05) is 56.3 Å². The summed E-state index contributed by atoms with van der Waals surface area (Å²) in [4.78, 5) is 0. The van der Waals surface area contributed by atoms with Crippen LogP contribution in [0.3, 0.4) is 0 Å². The number of hydrogen-bond acceptors (Lipinski definition) is 1. The third-order valence-corrected chi connectivity index (χ3v) is 4.25. The highest BCUT2D eigenvalue weighted by Gasteiger charge is 2.15. The lowest BCUT2D eigenvalue weighted by molar-refractivity contribution is 0.218. The van der Waals surface area contributed by atoms with Crippen molar-refractivity contribution in [1.82, 2.24) is 0 Å². The van der Waals surface area contributed by atoms with Crippen LogP contribution in [0.4, 0.5) is 0 Å². The van der Waals surface area contributed by atoms with Gasteiger partial charge in [0, 0.05) is 0 Å². The first-order valence-electron chi connectivity index (χ1n) is 7.38. The Bertz CT molecular complexity index is 549. The first kappa shape index (κ1) is 14.8.